The maximum atomic E-state index is 5.73. The van der Waals surface area contributed by atoms with Crippen LogP contribution in [0.1, 0.15) is 36.8 Å². The first kappa shape index (κ1) is 14.0. The molecule has 17 heavy (non-hydrogen) atoms. The Balaban J connectivity index is 2.11. The summed E-state index contributed by atoms with van der Waals surface area (Å²) in [5, 5.41) is 3.16. The molecule has 1 N–H and O–H groups in total. The number of unbranched alkanes of at least 4 members (excludes halogenated alkanes) is 3. The second kappa shape index (κ2) is 8.13. The Bertz CT molecular complexity index is 323. The van der Waals surface area contributed by atoms with Crippen molar-refractivity contribution in [2.75, 3.05) is 20.2 Å². The van der Waals surface area contributed by atoms with Crippen LogP contribution in [0.5, 0.6) is 5.75 Å². The van der Waals surface area contributed by atoms with Crippen LogP contribution in [0.2, 0.25) is 0 Å². The Morgan fingerprint density at radius 2 is 1.76 bits per heavy atom. The molecule has 0 spiro atoms. The van der Waals surface area contributed by atoms with Gasteiger partial charge in [0, 0.05) is 0 Å². The van der Waals surface area contributed by atoms with E-state index in [1.54, 1.807) is 0 Å². The lowest BCUT2D eigenvalue weighted by molar-refractivity contribution is 0.304. The summed E-state index contributed by atoms with van der Waals surface area (Å²) >= 11 is 0. The van der Waals surface area contributed by atoms with Gasteiger partial charge in [-0.05, 0) is 63.5 Å². The average Bonchev–Trinajstić information content (AvgIpc) is 2.32. The number of hydrogen-bond donors (Lipinski definition) is 1. The van der Waals surface area contributed by atoms with Crippen LogP contribution in [-0.2, 0) is 0 Å². The van der Waals surface area contributed by atoms with E-state index < -0.39 is 0 Å². The van der Waals surface area contributed by atoms with Crippen LogP contribution in [0.25, 0.3) is 0 Å². The van der Waals surface area contributed by atoms with Crippen LogP contribution >= 0.6 is 0 Å². The van der Waals surface area contributed by atoms with Gasteiger partial charge in [0.1, 0.15) is 5.75 Å². The number of aryl methyl sites for hydroxylation is 2. The van der Waals surface area contributed by atoms with Gasteiger partial charge in [-0.25, -0.2) is 0 Å². The fraction of sp³-hybridized carbons (Fsp3) is 0.600. The molecule has 0 saturated heterocycles. The molecule has 0 aromatic heterocycles. The van der Waals surface area contributed by atoms with Crippen molar-refractivity contribution in [1.82, 2.24) is 5.32 Å². The molecular weight excluding hydrogens is 210 g/mol. The minimum Gasteiger partial charge on any atom is -0.494 e. The standard InChI is InChI=1S/C15H25NO/c1-13-8-9-15(12-14(13)2)17-11-7-5-4-6-10-16-3/h8-9,12,16H,4-7,10-11H2,1-3H3. The molecule has 0 heterocycles. The summed E-state index contributed by atoms with van der Waals surface area (Å²) in [5.41, 5.74) is 2.63. The zero-order valence-corrected chi connectivity index (χ0v) is 11.4. The Morgan fingerprint density at radius 3 is 2.47 bits per heavy atom. The molecule has 0 aliphatic carbocycles. The molecule has 2 heteroatoms. The first-order chi connectivity index (χ1) is 8.24. The largest absolute Gasteiger partial charge is 0.494 e. The molecule has 0 aliphatic heterocycles. The Morgan fingerprint density at radius 1 is 1.00 bits per heavy atom. The molecule has 1 aromatic carbocycles. The fourth-order valence-electron chi connectivity index (χ4n) is 1.75. The molecule has 1 aromatic rings. The third kappa shape index (κ3) is 5.73. The van der Waals surface area contributed by atoms with Gasteiger partial charge < -0.3 is 10.1 Å². The van der Waals surface area contributed by atoms with Crippen molar-refractivity contribution in [3.63, 3.8) is 0 Å². The van der Waals surface area contributed by atoms with Gasteiger partial charge in [-0.15, -0.1) is 0 Å². The van der Waals surface area contributed by atoms with Crippen LogP contribution in [0.4, 0.5) is 0 Å². The summed E-state index contributed by atoms with van der Waals surface area (Å²) in [7, 11) is 2.00. The first-order valence-corrected chi connectivity index (χ1v) is 6.58. The Hall–Kier alpha value is -1.02. The van der Waals surface area contributed by atoms with E-state index in [1.165, 1.54) is 30.4 Å². The highest BCUT2D eigenvalue weighted by Crippen LogP contribution is 2.16. The highest BCUT2D eigenvalue weighted by molar-refractivity contribution is 5.33. The highest BCUT2D eigenvalue weighted by atomic mass is 16.5. The predicted octanol–water partition coefficient (Wildman–Crippen LogP) is 3.46. The van der Waals surface area contributed by atoms with Gasteiger partial charge in [0.25, 0.3) is 0 Å². The second-order valence-corrected chi connectivity index (χ2v) is 4.61. The minimum absolute atomic E-state index is 0.835. The zero-order chi connectivity index (χ0) is 12.5. The normalized spacial score (nSPS) is 10.5. The SMILES string of the molecule is CNCCCCCCOc1ccc(C)c(C)c1. The molecule has 0 fully saturated rings. The van der Waals surface area contributed by atoms with Gasteiger partial charge in [-0.2, -0.15) is 0 Å². The van der Waals surface area contributed by atoms with Crippen molar-refractivity contribution in [2.45, 2.75) is 39.5 Å². The van der Waals surface area contributed by atoms with Crippen molar-refractivity contribution < 1.29 is 4.74 Å². The minimum atomic E-state index is 0.835. The molecule has 0 unspecified atom stereocenters. The van der Waals surface area contributed by atoms with E-state index in [2.05, 4.69) is 37.4 Å². The number of nitrogens with one attached hydrogen (secondary N) is 1. The molecule has 0 bridgehead atoms. The summed E-state index contributed by atoms with van der Waals surface area (Å²) in [6.45, 7) is 6.21. The number of hydrogen-bond acceptors (Lipinski definition) is 2. The van der Waals surface area contributed by atoms with Crippen LogP contribution < -0.4 is 10.1 Å². The molecule has 2 nitrogen and oxygen atoms in total. The molecule has 1 rings (SSSR count). The number of benzene rings is 1. The van der Waals surface area contributed by atoms with Gasteiger partial charge in [-0.1, -0.05) is 18.9 Å². The van der Waals surface area contributed by atoms with E-state index >= 15 is 0 Å². The van der Waals surface area contributed by atoms with Crippen LogP contribution in [-0.4, -0.2) is 20.2 Å². The van der Waals surface area contributed by atoms with Crippen LogP contribution in [0.3, 0.4) is 0 Å². The molecular formula is C15H25NO. The average molecular weight is 235 g/mol. The van der Waals surface area contributed by atoms with E-state index in [-0.39, 0.29) is 0 Å². The predicted molar refractivity (Wildman–Crippen MR) is 73.8 cm³/mol. The Labute approximate surface area is 105 Å². The van der Waals surface area contributed by atoms with E-state index in [1.807, 2.05) is 7.05 Å². The molecule has 0 saturated carbocycles. The third-order valence-electron chi connectivity index (χ3n) is 3.07. The van der Waals surface area contributed by atoms with Gasteiger partial charge >= 0.3 is 0 Å². The zero-order valence-electron chi connectivity index (χ0n) is 11.4. The van der Waals surface area contributed by atoms with E-state index in [0.717, 1.165) is 25.3 Å². The van der Waals surface area contributed by atoms with Gasteiger partial charge in [0.2, 0.25) is 0 Å². The lowest BCUT2D eigenvalue weighted by Gasteiger charge is -2.08. The summed E-state index contributed by atoms with van der Waals surface area (Å²) in [4.78, 5) is 0. The van der Waals surface area contributed by atoms with Crippen LogP contribution in [0.15, 0.2) is 18.2 Å². The van der Waals surface area contributed by atoms with Crippen molar-refractivity contribution in [3.05, 3.63) is 29.3 Å². The monoisotopic (exact) mass is 235 g/mol. The summed E-state index contributed by atoms with van der Waals surface area (Å²) in [6, 6.07) is 6.30. The van der Waals surface area contributed by atoms with Crippen molar-refractivity contribution in [1.29, 1.82) is 0 Å². The van der Waals surface area contributed by atoms with Crippen molar-refractivity contribution >= 4 is 0 Å². The fourth-order valence-corrected chi connectivity index (χ4v) is 1.75. The lowest BCUT2D eigenvalue weighted by atomic mass is 10.1. The maximum absolute atomic E-state index is 5.73. The molecule has 96 valence electrons. The third-order valence-corrected chi connectivity index (χ3v) is 3.07. The molecule has 0 atom stereocenters. The number of ether oxygens (including phenoxy) is 1. The van der Waals surface area contributed by atoms with E-state index in [0.29, 0.717) is 0 Å². The second-order valence-electron chi connectivity index (χ2n) is 4.61. The van der Waals surface area contributed by atoms with Gasteiger partial charge in [0.05, 0.1) is 6.61 Å². The lowest BCUT2D eigenvalue weighted by Crippen LogP contribution is -2.07. The van der Waals surface area contributed by atoms with Crippen molar-refractivity contribution in [2.24, 2.45) is 0 Å². The quantitative estimate of drug-likeness (QED) is 0.697. The smallest absolute Gasteiger partial charge is 0.119 e. The van der Waals surface area contributed by atoms with Crippen LogP contribution in [0, 0.1) is 13.8 Å². The Kier molecular flexibility index (Phi) is 6.71. The van der Waals surface area contributed by atoms with E-state index in [9.17, 15) is 0 Å². The summed E-state index contributed by atoms with van der Waals surface area (Å²) < 4.78 is 5.73. The summed E-state index contributed by atoms with van der Waals surface area (Å²) in [5.74, 6) is 1.00. The first-order valence-electron chi connectivity index (χ1n) is 6.58. The maximum Gasteiger partial charge on any atom is 0.119 e. The number of rotatable bonds is 8. The highest BCUT2D eigenvalue weighted by Gasteiger charge is 1.97. The molecule has 0 radical (unpaired) electrons. The van der Waals surface area contributed by atoms with Gasteiger partial charge in [-0.3, -0.25) is 0 Å². The van der Waals surface area contributed by atoms with E-state index in [4.69, 9.17) is 4.74 Å². The van der Waals surface area contributed by atoms with Crippen molar-refractivity contribution in [3.8, 4) is 5.75 Å². The topological polar surface area (TPSA) is 21.3 Å². The van der Waals surface area contributed by atoms with Gasteiger partial charge in [0.15, 0.2) is 0 Å². The molecule has 0 amide bonds. The summed E-state index contributed by atoms with van der Waals surface area (Å²) in [6.07, 6.45) is 4.96. The molecule has 0 aliphatic rings.